The molecule has 0 radical (unpaired) electrons. The summed E-state index contributed by atoms with van der Waals surface area (Å²) < 4.78 is 18.9. The minimum absolute atomic E-state index is 0.0195. The van der Waals surface area contributed by atoms with Crippen LogP contribution in [0.5, 0.6) is 0 Å². The van der Waals surface area contributed by atoms with Crippen LogP contribution >= 0.6 is 23.2 Å². The number of carbonyl (C=O) groups is 2. The molecule has 0 saturated carbocycles. The number of alkyl halides is 1. The van der Waals surface area contributed by atoms with Crippen molar-refractivity contribution in [1.82, 2.24) is 44.0 Å². The largest absolute Gasteiger partial charge is 0.475 e. The van der Waals surface area contributed by atoms with E-state index in [9.17, 15) is 19.1 Å². The Labute approximate surface area is 420 Å². The first kappa shape index (κ1) is 49.4. The number of halogens is 3. The lowest BCUT2D eigenvalue weighted by molar-refractivity contribution is 0.0682. The van der Waals surface area contributed by atoms with Crippen LogP contribution in [0.1, 0.15) is 78.8 Å². The quantitative estimate of drug-likeness (QED) is 0.0910. The first-order valence-corrected chi connectivity index (χ1v) is 22.8. The number of nitrogens with two attached hydrogens (primary N) is 3. The van der Waals surface area contributed by atoms with Crippen LogP contribution in [-0.2, 0) is 25.9 Å². The van der Waals surface area contributed by atoms with Gasteiger partial charge in [-0.1, -0.05) is 47.5 Å². The number of aromatic carboxylic acids is 1. The summed E-state index contributed by atoms with van der Waals surface area (Å²) in [5.74, 6) is 0.105. The molecule has 0 spiro atoms. The highest BCUT2D eigenvalue weighted by atomic mass is 35.5. The molecule has 10 rings (SSSR count). The number of carbonyl (C=O) groups excluding carboxylic acids is 1. The summed E-state index contributed by atoms with van der Waals surface area (Å²) in [5, 5.41) is 15.4. The zero-order valence-electron chi connectivity index (χ0n) is 40.3. The van der Waals surface area contributed by atoms with E-state index < -0.39 is 13.1 Å². The third-order valence-electron chi connectivity index (χ3n) is 11.6. The molecule has 0 aliphatic carbocycles. The lowest BCUT2D eigenvalue weighted by atomic mass is 10.1. The van der Waals surface area contributed by atoms with Crippen LogP contribution in [-0.4, -0.2) is 62.8 Å². The Bertz CT molecular complexity index is 3560. The predicted molar refractivity (Wildman–Crippen MR) is 279 cm³/mol. The molecule has 2 aromatic carbocycles. The number of nitrogen functional groups attached to an aromatic ring is 2. The number of aryl methyl sites for hydroxylation is 4. The fourth-order valence-corrected chi connectivity index (χ4v) is 8.62. The number of anilines is 2. The van der Waals surface area contributed by atoms with E-state index in [0.717, 1.165) is 89.0 Å². The molecule has 10 aromatic rings. The number of fused-ring (bicyclic) bond motifs is 4. The van der Waals surface area contributed by atoms with Crippen LogP contribution in [0.4, 0.5) is 16.0 Å². The standard InChI is InChI=1S/C26H23ClN6O.C18H12ClN3O2.C8H13N3.CH3F/c1-15-9-24(28)31-16(2)20(15)14-30-26(34)25-32-22(23-5-3-4-8-33(23)25)11-17-6-7-21-18(10-17)12-19(27)13-29-21;19-13-9-12-7-11(4-5-14(12)20-10-13)8-15-16-3-1-2-6-22(16)17(21-15)18(23)24;1-5-3-8(10)11-6(2)7(5)4-9;1-2/h3-10,12-13H,11,14H2,1-2H3,(H2,28,31)(H,30,34);1-7,9-10H,8H2,(H,23,24);3H,4,9H2,1-2H3,(H2,10,11);1H3/i;;;1D. The summed E-state index contributed by atoms with van der Waals surface area (Å²) in [6, 6.07) is 30.7. The van der Waals surface area contributed by atoms with Gasteiger partial charge < -0.3 is 27.6 Å². The van der Waals surface area contributed by atoms with Gasteiger partial charge in [0, 0.05) is 72.9 Å². The lowest BCUT2D eigenvalue weighted by Gasteiger charge is -2.11. The van der Waals surface area contributed by atoms with E-state index in [1.807, 2.05) is 123 Å². The zero-order valence-corrected chi connectivity index (χ0v) is 40.8. The van der Waals surface area contributed by atoms with Gasteiger partial charge in [-0.15, -0.1) is 0 Å². The molecule has 15 nitrogen and oxygen atoms in total. The third-order valence-corrected chi connectivity index (χ3v) is 12.0. The molecule has 0 aliphatic heterocycles. The van der Waals surface area contributed by atoms with Gasteiger partial charge in [0.2, 0.25) is 11.6 Å². The van der Waals surface area contributed by atoms with Crippen molar-refractivity contribution in [2.24, 2.45) is 5.73 Å². The average molecular weight is 995 g/mol. The van der Waals surface area contributed by atoms with Gasteiger partial charge in [-0.3, -0.25) is 28.0 Å². The Morgan fingerprint density at radius 1 is 0.676 bits per heavy atom. The Hall–Kier alpha value is -8.05. The summed E-state index contributed by atoms with van der Waals surface area (Å²) in [6.07, 6.45) is 7.92. The van der Waals surface area contributed by atoms with Gasteiger partial charge >= 0.3 is 5.97 Å². The summed E-state index contributed by atoms with van der Waals surface area (Å²) in [4.78, 5) is 50.6. The fourth-order valence-electron chi connectivity index (χ4n) is 8.29. The van der Waals surface area contributed by atoms with E-state index >= 15 is 0 Å². The summed E-state index contributed by atoms with van der Waals surface area (Å²) in [5.41, 5.74) is 29.8. The van der Waals surface area contributed by atoms with E-state index in [2.05, 4.69) is 36.3 Å². The molecular weight excluding hydrogens is 943 g/mol. The number of pyridine rings is 6. The molecule has 0 saturated heterocycles. The number of hydrogen-bond acceptors (Lipinski definition) is 11. The highest BCUT2D eigenvalue weighted by Crippen LogP contribution is 2.25. The predicted octanol–water partition coefficient (Wildman–Crippen LogP) is 9.80. The highest BCUT2D eigenvalue weighted by molar-refractivity contribution is 6.31. The number of aromatic nitrogens is 8. The minimum Gasteiger partial charge on any atom is -0.475 e. The Balaban J connectivity index is 0.000000173. The number of amides is 1. The summed E-state index contributed by atoms with van der Waals surface area (Å²) >= 11 is 12.1. The first-order chi connectivity index (χ1) is 34.6. The van der Waals surface area contributed by atoms with Crippen LogP contribution < -0.4 is 22.5 Å². The second-order valence-electron chi connectivity index (χ2n) is 16.4. The molecule has 0 atom stereocenters. The molecule has 362 valence electrons. The molecule has 8 aromatic heterocycles. The van der Waals surface area contributed by atoms with E-state index in [1.165, 1.54) is 0 Å². The van der Waals surface area contributed by atoms with Crippen molar-refractivity contribution in [2.75, 3.05) is 18.6 Å². The molecular formula is C53H51Cl2FN12O3. The van der Waals surface area contributed by atoms with Crippen molar-refractivity contribution < 1.29 is 20.5 Å². The van der Waals surface area contributed by atoms with Gasteiger partial charge in [0.15, 0.2) is 0 Å². The fraction of sp³-hybridized carbons (Fsp3) is 0.170. The zero-order chi connectivity index (χ0) is 51.6. The maximum atomic E-state index is 13.1. The SMILES string of the molecule is Cc1cc(N)nc(C)c1CN.Cc1cc(N)nc(C)c1CNC(=O)c1nc(Cc2ccc3ncc(Cl)cc3c2)c2ccccn12.O=C(O)c1nc(Cc2ccc3ncc(Cl)cc3c2)c2ccccn12.[2H]CF. The van der Waals surface area contributed by atoms with Crippen molar-refractivity contribution in [1.29, 1.82) is 0 Å². The van der Waals surface area contributed by atoms with E-state index in [1.54, 1.807) is 29.1 Å². The van der Waals surface area contributed by atoms with Crippen LogP contribution in [0.15, 0.2) is 122 Å². The van der Waals surface area contributed by atoms with Crippen molar-refractivity contribution in [3.8, 4) is 0 Å². The lowest BCUT2D eigenvalue weighted by Crippen LogP contribution is -2.26. The van der Waals surface area contributed by atoms with Crippen molar-refractivity contribution >= 4 is 79.6 Å². The topological polar surface area (TPSA) is 231 Å². The van der Waals surface area contributed by atoms with E-state index in [0.29, 0.717) is 53.4 Å². The van der Waals surface area contributed by atoms with Gasteiger partial charge in [-0.25, -0.2) is 24.7 Å². The maximum absolute atomic E-state index is 13.1. The van der Waals surface area contributed by atoms with Crippen molar-refractivity contribution in [2.45, 2.75) is 53.6 Å². The molecule has 0 bridgehead atoms. The molecule has 8 heterocycles. The van der Waals surface area contributed by atoms with E-state index in [4.69, 9.17) is 46.8 Å². The molecule has 1 amide bonds. The minimum atomic E-state index is -1.04. The van der Waals surface area contributed by atoms with Gasteiger partial charge in [-0.2, -0.15) is 0 Å². The molecule has 8 N–H and O–H groups in total. The highest BCUT2D eigenvalue weighted by Gasteiger charge is 2.19. The van der Waals surface area contributed by atoms with Crippen LogP contribution in [0, 0.1) is 27.7 Å². The monoisotopic (exact) mass is 993 g/mol. The summed E-state index contributed by atoms with van der Waals surface area (Å²) in [7, 11) is -1.00. The molecule has 18 heteroatoms. The Kier molecular flexibility index (Phi) is 15.7. The average Bonchev–Trinajstić information content (AvgIpc) is 3.90. The number of rotatable bonds is 9. The number of nitrogens with zero attached hydrogens (tertiary/aromatic N) is 8. The van der Waals surface area contributed by atoms with Crippen LogP contribution in [0.25, 0.3) is 32.8 Å². The van der Waals surface area contributed by atoms with Gasteiger partial charge in [0.25, 0.3) is 5.91 Å². The maximum Gasteiger partial charge on any atom is 0.372 e. The number of carboxylic acid groups (broad SMARTS) is 1. The molecule has 71 heavy (non-hydrogen) atoms. The molecule has 0 fully saturated rings. The number of nitrogens with one attached hydrogen (secondary N) is 1. The van der Waals surface area contributed by atoms with Crippen molar-refractivity contribution in [3.05, 3.63) is 200 Å². The first-order valence-electron chi connectivity index (χ1n) is 22.8. The molecule has 0 aliphatic rings. The second-order valence-corrected chi connectivity index (χ2v) is 17.3. The second kappa shape index (κ2) is 22.6. The number of carboxylic acids is 1. The third kappa shape index (κ3) is 11.9. The Morgan fingerprint density at radius 3 is 1.61 bits per heavy atom. The number of benzene rings is 2. The smallest absolute Gasteiger partial charge is 0.372 e. The van der Waals surface area contributed by atoms with Crippen molar-refractivity contribution in [3.63, 3.8) is 0 Å². The normalized spacial score (nSPS) is 11.0. The van der Waals surface area contributed by atoms with Crippen LogP contribution in [0.2, 0.25) is 10.0 Å². The number of hydrogen-bond donors (Lipinski definition) is 5. The molecule has 0 unspecified atom stereocenters. The van der Waals surface area contributed by atoms with Crippen LogP contribution in [0.3, 0.4) is 0 Å². The summed E-state index contributed by atoms with van der Waals surface area (Å²) in [6.45, 7) is 8.64. The van der Waals surface area contributed by atoms with Gasteiger partial charge in [0.1, 0.15) is 11.6 Å². The van der Waals surface area contributed by atoms with Gasteiger partial charge in [-0.05, 0) is 134 Å². The number of imidazole rings is 2. The van der Waals surface area contributed by atoms with Gasteiger partial charge in [0.05, 0.1) is 52.0 Å². The van der Waals surface area contributed by atoms with E-state index in [-0.39, 0.29) is 11.7 Å². The Morgan fingerprint density at radius 2 is 1.14 bits per heavy atom.